The Bertz CT molecular complexity index is 943. The molecule has 0 saturated carbocycles. The van der Waals surface area contributed by atoms with Gasteiger partial charge in [-0.15, -0.1) is 0 Å². The average molecular weight is 343 g/mol. The Balaban J connectivity index is 1.80. The van der Waals surface area contributed by atoms with Crippen molar-refractivity contribution in [3.8, 4) is 17.2 Å². The van der Waals surface area contributed by atoms with Gasteiger partial charge in [-0.25, -0.2) is 4.98 Å². The third-order valence-electron chi connectivity index (χ3n) is 4.08. The van der Waals surface area contributed by atoms with E-state index >= 15 is 0 Å². The Morgan fingerprint density at radius 3 is 2.79 bits per heavy atom. The van der Waals surface area contributed by atoms with Crippen LogP contribution in [0, 0.1) is 0 Å². The number of aromatic nitrogens is 1. The Morgan fingerprint density at radius 2 is 2.00 bits per heavy atom. The molecule has 0 aliphatic carbocycles. The molecule has 0 atom stereocenters. The van der Waals surface area contributed by atoms with Gasteiger partial charge in [0.25, 0.3) is 0 Å². The van der Waals surface area contributed by atoms with E-state index in [2.05, 4.69) is 4.98 Å². The number of anilines is 1. The largest absolute Gasteiger partial charge is 0.496 e. The van der Waals surface area contributed by atoms with E-state index in [1.807, 2.05) is 36.4 Å². The van der Waals surface area contributed by atoms with Crippen molar-refractivity contribution in [3.05, 3.63) is 52.5 Å². The number of pyridine rings is 1. The molecule has 5 nitrogen and oxygen atoms in total. The lowest BCUT2D eigenvalue weighted by atomic mass is 10.0. The van der Waals surface area contributed by atoms with Gasteiger partial charge < -0.3 is 19.9 Å². The normalized spacial score (nSPS) is 12.6. The van der Waals surface area contributed by atoms with E-state index in [1.54, 1.807) is 7.11 Å². The van der Waals surface area contributed by atoms with Crippen LogP contribution in [0.2, 0.25) is 5.02 Å². The molecule has 0 saturated heterocycles. The van der Waals surface area contributed by atoms with Crippen LogP contribution in [0.25, 0.3) is 10.9 Å². The minimum Gasteiger partial charge on any atom is -0.496 e. The molecule has 122 valence electrons. The highest BCUT2D eigenvalue weighted by molar-refractivity contribution is 6.31. The lowest BCUT2D eigenvalue weighted by Crippen LogP contribution is -2.01. The monoisotopic (exact) mass is 342 g/mol. The molecule has 0 spiro atoms. The summed E-state index contributed by atoms with van der Waals surface area (Å²) in [5.74, 6) is 2.60. The molecule has 1 aliphatic heterocycles. The summed E-state index contributed by atoms with van der Waals surface area (Å²) in [5, 5.41) is 1.58. The lowest BCUT2D eigenvalue weighted by molar-refractivity contribution is 0.174. The first-order chi connectivity index (χ1) is 11.7. The molecule has 0 radical (unpaired) electrons. The van der Waals surface area contributed by atoms with Gasteiger partial charge in [0.1, 0.15) is 11.6 Å². The summed E-state index contributed by atoms with van der Waals surface area (Å²) in [4.78, 5) is 4.49. The number of nitrogens with two attached hydrogens (primary N) is 1. The maximum Gasteiger partial charge on any atom is 0.231 e. The molecule has 2 aromatic carbocycles. The number of nitrogen functional groups attached to an aromatic ring is 1. The Hall–Kier alpha value is -2.66. The molecule has 1 aromatic heterocycles. The van der Waals surface area contributed by atoms with Crippen LogP contribution < -0.4 is 19.9 Å². The van der Waals surface area contributed by atoms with Gasteiger partial charge in [0.2, 0.25) is 6.79 Å². The van der Waals surface area contributed by atoms with Crippen molar-refractivity contribution in [2.45, 2.75) is 6.42 Å². The smallest absolute Gasteiger partial charge is 0.231 e. The van der Waals surface area contributed by atoms with Gasteiger partial charge in [-0.05, 0) is 29.8 Å². The van der Waals surface area contributed by atoms with Crippen molar-refractivity contribution in [2.75, 3.05) is 19.6 Å². The molecule has 24 heavy (non-hydrogen) atoms. The van der Waals surface area contributed by atoms with Crippen LogP contribution in [-0.4, -0.2) is 18.9 Å². The molecule has 1 aliphatic rings. The zero-order valence-corrected chi connectivity index (χ0v) is 13.8. The number of methoxy groups -OCH3 is 1. The van der Waals surface area contributed by atoms with Crippen LogP contribution in [0.1, 0.15) is 11.1 Å². The van der Waals surface area contributed by atoms with E-state index in [0.717, 1.165) is 33.5 Å². The summed E-state index contributed by atoms with van der Waals surface area (Å²) in [7, 11) is 1.62. The predicted octanol–water partition coefficient (Wildman–Crippen LogP) is 3.80. The third kappa shape index (κ3) is 2.47. The maximum atomic E-state index is 6.33. The van der Waals surface area contributed by atoms with Gasteiger partial charge >= 0.3 is 0 Å². The molecule has 6 heteroatoms. The van der Waals surface area contributed by atoms with Gasteiger partial charge in [0, 0.05) is 28.5 Å². The molecule has 4 rings (SSSR count). The fourth-order valence-electron chi connectivity index (χ4n) is 2.86. The molecule has 0 fully saturated rings. The summed E-state index contributed by atoms with van der Waals surface area (Å²) in [6.45, 7) is 0.227. The second-order valence-electron chi connectivity index (χ2n) is 5.53. The second-order valence-corrected chi connectivity index (χ2v) is 5.94. The van der Waals surface area contributed by atoms with Crippen LogP contribution >= 0.6 is 11.6 Å². The topological polar surface area (TPSA) is 66.6 Å². The molecule has 3 aromatic rings. The fourth-order valence-corrected chi connectivity index (χ4v) is 3.09. The van der Waals surface area contributed by atoms with E-state index in [1.165, 1.54) is 0 Å². The number of ether oxygens (including phenoxy) is 3. The third-order valence-corrected chi connectivity index (χ3v) is 4.44. The van der Waals surface area contributed by atoms with Gasteiger partial charge in [-0.2, -0.15) is 0 Å². The number of rotatable bonds is 3. The Labute approximate surface area is 143 Å². The lowest BCUT2D eigenvalue weighted by Gasteiger charge is -2.12. The highest BCUT2D eigenvalue weighted by atomic mass is 35.5. The van der Waals surface area contributed by atoms with Crippen LogP contribution in [0.3, 0.4) is 0 Å². The maximum absolute atomic E-state index is 6.33. The van der Waals surface area contributed by atoms with E-state index in [-0.39, 0.29) is 6.79 Å². The quantitative estimate of drug-likeness (QED) is 0.784. The van der Waals surface area contributed by atoms with Gasteiger partial charge in [-0.1, -0.05) is 17.7 Å². The molecule has 2 heterocycles. The van der Waals surface area contributed by atoms with Crippen molar-refractivity contribution in [1.29, 1.82) is 0 Å². The molecule has 0 unspecified atom stereocenters. The molecular weight excluding hydrogens is 328 g/mol. The number of hydrogen-bond acceptors (Lipinski definition) is 5. The minimum atomic E-state index is 0.227. The van der Waals surface area contributed by atoms with Crippen molar-refractivity contribution in [3.63, 3.8) is 0 Å². The highest BCUT2D eigenvalue weighted by Gasteiger charge is 2.17. The first kappa shape index (κ1) is 14.9. The van der Waals surface area contributed by atoms with Crippen LogP contribution in [0.15, 0.2) is 36.4 Å². The van der Waals surface area contributed by atoms with Gasteiger partial charge in [-0.3, -0.25) is 0 Å². The first-order valence-corrected chi connectivity index (χ1v) is 7.83. The Morgan fingerprint density at radius 1 is 1.21 bits per heavy atom. The van der Waals surface area contributed by atoms with Crippen molar-refractivity contribution >= 4 is 28.3 Å². The number of nitrogens with zero attached hydrogens (tertiary/aromatic N) is 1. The minimum absolute atomic E-state index is 0.227. The van der Waals surface area contributed by atoms with Crippen LogP contribution in [0.5, 0.6) is 17.2 Å². The molecular formula is C18H15ClN2O3. The molecule has 0 amide bonds. The summed E-state index contributed by atoms with van der Waals surface area (Å²) in [6, 6.07) is 11.3. The van der Waals surface area contributed by atoms with Crippen LogP contribution in [0.4, 0.5) is 5.82 Å². The van der Waals surface area contributed by atoms with E-state index in [9.17, 15) is 0 Å². The molecule has 2 N–H and O–H groups in total. The predicted molar refractivity (Wildman–Crippen MR) is 93.1 cm³/mol. The summed E-state index contributed by atoms with van der Waals surface area (Å²) < 4.78 is 16.2. The van der Waals surface area contributed by atoms with Crippen LogP contribution in [-0.2, 0) is 6.42 Å². The van der Waals surface area contributed by atoms with E-state index < -0.39 is 0 Å². The fraction of sp³-hybridized carbons (Fsp3) is 0.167. The summed E-state index contributed by atoms with van der Waals surface area (Å²) in [5.41, 5.74) is 8.69. The second kappa shape index (κ2) is 5.76. The van der Waals surface area contributed by atoms with Crippen molar-refractivity contribution in [2.24, 2.45) is 0 Å². The number of halogens is 1. The zero-order chi connectivity index (χ0) is 16.7. The average Bonchev–Trinajstić information content (AvgIpc) is 3.02. The van der Waals surface area contributed by atoms with Crippen molar-refractivity contribution < 1.29 is 14.2 Å². The standard InChI is InChI=1S/C18H15ClN2O3/c1-22-15-4-2-3-13(19)12(15)6-11-5-10-7-16-17(24-9-23-16)8-14(10)21-18(11)20/h2-5,7-8H,6,9H2,1H3,(H2,20,21). The van der Waals surface area contributed by atoms with Crippen molar-refractivity contribution in [1.82, 2.24) is 4.98 Å². The Kier molecular flexibility index (Phi) is 3.58. The van der Waals surface area contributed by atoms with E-state index in [4.69, 9.17) is 31.5 Å². The molecule has 0 bridgehead atoms. The van der Waals surface area contributed by atoms with Gasteiger partial charge in [0.05, 0.1) is 12.6 Å². The number of hydrogen-bond donors (Lipinski definition) is 1. The number of benzene rings is 2. The summed E-state index contributed by atoms with van der Waals surface area (Å²) in [6.07, 6.45) is 0.534. The SMILES string of the molecule is COc1cccc(Cl)c1Cc1cc2cc3c(cc2nc1N)OCO3. The zero-order valence-electron chi connectivity index (χ0n) is 13.0. The number of fused-ring (bicyclic) bond motifs is 2. The summed E-state index contributed by atoms with van der Waals surface area (Å²) >= 11 is 6.33. The highest BCUT2D eigenvalue weighted by Crippen LogP contribution is 2.37. The van der Waals surface area contributed by atoms with Gasteiger partial charge in [0.15, 0.2) is 11.5 Å². The van der Waals surface area contributed by atoms with E-state index in [0.29, 0.717) is 23.0 Å². The first-order valence-electron chi connectivity index (χ1n) is 7.46.